The van der Waals surface area contributed by atoms with Gasteiger partial charge in [-0.05, 0) is 62.6 Å². The predicted molar refractivity (Wildman–Crippen MR) is 100 cm³/mol. The van der Waals surface area contributed by atoms with Crippen LogP contribution in [-0.4, -0.2) is 12.0 Å². The van der Waals surface area contributed by atoms with Crippen molar-refractivity contribution in [1.29, 1.82) is 0 Å². The number of amides is 1. The molecule has 2 aromatic rings. The van der Waals surface area contributed by atoms with Crippen LogP contribution in [0.25, 0.3) is 6.08 Å². The van der Waals surface area contributed by atoms with Crippen LogP contribution < -0.4 is 15.8 Å². The van der Waals surface area contributed by atoms with Crippen molar-refractivity contribution in [3.63, 3.8) is 0 Å². The van der Waals surface area contributed by atoms with E-state index in [-0.39, 0.29) is 12.0 Å². The molecule has 1 amide bonds. The van der Waals surface area contributed by atoms with Gasteiger partial charge in [-0.3, -0.25) is 4.79 Å². The smallest absolute Gasteiger partial charge is 0.248 e. The first kappa shape index (κ1) is 17.6. The molecule has 0 bridgehead atoms. The van der Waals surface area contributed by atoms with Crippen molar-refractivity contribution in [2.45, 2.75) is 33.8 Å². The van der Waals surface area contributed by atoms with Gasteiger partial charge >= 0.3 is 0 Å². The number of nitrogens with two attached hydrogens (primary N) is 1. The molecule has 2 rings (SSSR count). The Kier molecular flexibility index (Phi) is 5.64. The Balaban J connectivity index is 2.08. The largest absolute Gasteiger partial charge is 0.489 e. The van der Waals surface area contributed by atoms with Crippen LogP contribution in [-0.2, 0) is 4.79 Å². The third-order valence-corrected chi connectivity index (χ3v) is 3.55. The van der Waals surface area contributed by atoms with Crippen LogP contribution in [0.3, 0.4) is 0 Å². The van der Waals surface area contributed by atoms with Gasteiger partial charge in [-0.1, -0.05) is 24.3 Å². The predicted octanol–water partition coefficient (Wildman–Crippen LogP) is 4.32. The zero-order chi connectivity index (χ0) is 17.7. The molecule has 0 fully saturated rings. The average molecular weight is 324 g/mol. The molecule has 24 heavy (non-hydrogen) atoms. The lowest BCUT2D eigenvalue weighted by Gasteiger charge is -2.12. The van der Waals surface area contributed by atoms with E-state index in [4.69, 9.17) is 10.5 Å². The van der Waals surface area contributed by atoms with E-state index in [1.54, 1.807) is 12.1 Å². The lowest BCUT2D eigenvalue weighted by molar-refractivity contribution is -0.111. The van der Waals surface area contributed by atoms with Crippen LogP contribution in [0, 0.1) is 13.8 Å². The number of carbonyl (C=O) groups is 1. The number of nitrogens with one attached hydrogen (secondary N) is 1. The molecule has 4 heteroatoms. The number of anilines is 2. The standard InChI is InChI=1S/C20H24N2O2/c1-13(2)24-18-10-8-16(12-17(18)21)9-11-19(23)22-20-14(3)6-5-7-15(20)4/h5-13H,21H2,1-4H3,(H,22,23)/b11-9-. The molecule has 0 aliphatic heterocycles. The third kappa shape index (κ3) is 4.62. The molecule has 0 unspecified atom stereocenters. The Hall–Kier alpha value is -2.75. The van der Waals surface area contributed by atoms with E-state index < -0.39 is 0 Å². The summed E-state index contributed by atoms with van der Waals surface area (Å²) in [5.41, 5.74) is 10.3. The summed E-state index contributed by atoms with van der Waals surface area (Å²) < 4.78 is 5.60. The second kappa shape index (κ2) is 7.68. The number of carbonyl (C=O) groups excluding carboxylic acids is 1. The lowest BCUT2D eigenvalue weighted by atomic mass is 10.1. The maximum atomic E-state index is 12.1. The van der Waals surface area contributed by atoms with Gasteiger partial charge in [0.1, 0.15) is 5.75 Å². The Morgan fingerprint density at radius 1 is 1.17 bits per heavy atom. The van der Waals surface area contributed by atoms with Crippen LogP contribution in [0.4, 0.5) is 11.4 Å². The summed E-state index contributed by atoms with van der Waals surface area (Å²) in [6.07, 6.45) is 3.30. The van der Waals surface area contributed by atoms with Gasteiger partial charge in [-0.25, -0.2) is 0 Å². The second-order valence-corrected chi connectivity index (χ2v) is 6.05. The van der Waals surface area contributed by atoms with E-state index >= 15 is 0 Å². The quantitative estimate of drug-likeness (QED) is 0.636. The van der Waals surface area contributed by atoms with Crippen molar-refractivity contribution in [3.8, 4) is 5.75 Å². The van der Waals surface area contributed by atoms with E-state index in [9.17, 15) is 4.79 Å². The van der Waals surface area contributed by atoms with Crippen molar-refractivity contribution in [2.75, 3.05) is 11.1 Å². The van der Waals surface area contributed by atoms with E-state index in [1.165, 1.54) is 6.08 Å². The monoisotopic (exact) mass is 324 g/mol. The molecule has 4 nitrogen and oxygen atoms in total. The molecule has 126 valence electrons. The molecule has 0 saturated carbocycles. The first-order valence-corrected chi connectivity index (χ1v) is 7.98. The SMILES string of the molecule is Cc1cccc(C)c1NC(=O)/C=C\c1ccc(OC(C)C)c(N)c1. The first-order valence-electron chi connectivity index (χ1n) is 7.98. The molecule has 2 aromatic carbocycles. The minimum absolute atomic E-state index is 0.0665. The number of ether oxygens (including phenoxy) is 1. The number of hydrogen-bond donors (Lipinski definition) is 2. The Morgan fingerprint density at radius 3 is 2.42 bits per heavy atom. The highest BCUT2D eigenvalue weighted by Crippen LogP contribution is 2.24. The number of para-hydroxylation sites is 1. The van der Waals surface area contributed by atoms with E-state index in [2.05, 4.69) is 5.32 Å². The minimum atomic E-state index is -0.173. The molecule has 3 N–H and O–H groups in total. The Bertz CT molecular complexity index is 744. The number of rotatable bonds is 5. The molecule has 0 aromatic heterocycles. The van der Waals surface area contributed by atoms with Crippen molar-refractivity contribution in [3.05, 3.63) is 59.2 Å². The summed E-state index contributed by atoms with van der Waals surface area (Å²) in [4.78, 5) is 12.1. The lowest BCUT2D eigenvalue weighted by Crippen LogP contribution is -2.10. The summed E-state index contributed by atoms with van der Waals surface area (Å²) >= 11 is 0. The summed E-state index contributed by atoms with van der Waals surface area (Å²) in [7, 11) is 0. The topological polar surface area (TPSA) is 64.3 Å². The zero-order valence-corrected chi connectivity index (χ0v) is 14.6. The molecular weight excluding hydrogens is 300 g/mol. The summed E-state index contributed by atoms with van der Waals surface area (Å²) in [5, 5.41) is 2.92. The molecule has 0 heterocycles. The maximum absolute atomic E-state index is 12.1. The molecular formula is C20H24N2O2. The molecule has 0 aliphatic carbocycles. The van der Waals surface area contributed by atoms with Crippen LogP contribution in [0.1, 0.15) is 30.5 Å². The highest BCUT2D eigenvalue weighted by atomic mass is 16.5. The molecule has 0 atom stereocenters. The fourth-order valence-electron chi connectivity index (χ4n) is 2.38. The molecule has 0 spiro atoms. The number of hydrogen-bond acceptors (Lipinski definition) is 3. The highest BCUT2D eigenvalue weighted by Gasteiger charge is 2.05. The Labute approximate surface area is 143 Å². The van der Waals surface area contributed by atoms with E-state index in [1.807, 2.05) is 58.0 Å². The summed E-state index contributed by atoms with van der Waals surface area (Å²) in [6, 6.07) is 11.4. The molecule has 0 aliphatic rings. The number of benzene rings is 2. The van der Waals surface area contributed by atoms with Crippen molar-refractivity contribution in [2.24, 2.45) is 0 Å². The normalized spacial score (nSPS) is 11.0. The fraction of sp³-hybridized carbons (Fsp3) is 0.250. The first-order chi connectivity index (χ1) is 11.4. The van der Waals surface area contributed by atoms with Crippen LogP contribution in [0.2, 0.25) is 0 Å². The fourth-order valence-corrected chi connectivity index (χ4v) is 2.38. The van der Waals surface area contributed by atoms with Crippen LogP contribution in [0.5, 0.6) is 5.75 Å². The van der Waals surface area contributed by atoms with Crippen molar-refractivity contribution >= 4 is 23.4 Å². The average Bonchev–Trinajstić information content (AvgIpc) is 2.51. The van der Waals surface area contributed by atoms with E-state index in [0.717, 1.165) is 22.4 Å². The molecule has 0 radical (unpaired) electrons. The van der Waals surface area contributed by atoms with Gasteiger partial charge in [0.25, 0.3) is 0 Å². The third-order valence-electron chi connectivity index (χ3n) is 3.55. The molecule has 0 saturated heterocycles. The number of nitrogen functional groups attached to an aromatic ring is 1. The van der Waals surface area contributed by atoms with Gasteiger partial charge in [0.15, 0.2) is 0 Å². The van der Waals surface area contributed by atoms with Gasteiger partial charge in [0.05, 0.1) is 11.8 Å². The van der Waals surface area contributed by atoms with Gasteiger partial charge in [0, 0.05) is 11.8 Å². The minimum Gasteiger partial charge on any atom is -0.489 e. The van der Waals surface area contributed by atoms with Crippen LogP contribution in [0.15, 0.2) is 42.5 Å². The number of aryl methyl sites for hydroxylation is 2. The van der Waals surface area contributed by atoms with Gasteiger partial charge in [-0.2, -0.15) is 0 Å². The van der Waals surface area contributed by atoms with E-state index in [0.29, 0.717) is 11.4 Å². The highest BCUT2D eigenvalue weighted by molar-refractivity contribution is 6.02. The summed E-state index contributed by atoms with van der Waals surface area (Å²) in [5.74, 6) is 0.482. The van der Waals surface area contributed by atoms with Gasteiger partial charge < -0.3 is 15.8 Å². The maximum Gasteiger partial charge on any atom is 0.248 e. The Morgan fingerprint density at radius 2 is 1.83 bits per heavy atom. The van der Waals surface area contributed by atoms with Gasteiger partial charge in [0.2, 0.25) is 5.91 Å². The van der Waals surface area contributed by atoms with Crippen molar-refractivity contribution < 1.29 is 9.53 Å². The van der Waals surface area contributed by atoms with Crippen LogP contribution >= 0.6 is 0 Å². The summed E-state index contributed by atoms with van der Waals surface area (Å²) in [6.45, 7) is 7.84. The zero-order valence-electron chi connectivity index (χ0n) is 14.6. The van der Waals surface area contributed by atoms with Gasteiger partial charge in [-0.15, -0.1) is 0 Å². The van der Waals surface area contributed by atoms with Crippen molar-refractivity contribution in [1.82, 2.24) is 0 Å². The second-order valence-electron chi connectivity index (χ2n) is 6.05.